The van der Waals surface area contributed by atoms with Crippen molar-refractivity contribution in [1.29, 1.82) is 0 Å². The van der Waals surface area contributed by atoms with Crippen LogP contribution in [0.2, 0.25) is 0 Å². The van der Waals surface area contributed by atoms with Crippen LogP contribution in [0, 0.1) is 5.92 Å². The third-order valence-corrected chi connectivity index (χ3v) is 5.62. The molecular weight excluding hydrogens is 358 g/mol. The van der Waals surface area contributed by atoms with Crippen molar-refractivity contribution in [3.63, 3.8) is 0 Å². The van der Waals surface area contributed by atoms with Gasteiger partial charge in [0.05, 0.1) is 0 Å². The van der Waals surface area contributed by atoms with Crippen LogP contribution in [-0.2, 0) is 9.59 Å². The minimum absolute atomic E-state index is 0.0164. The van der Waals surface area contributed by atoms with Crippen molar-refractivity contribution < 1.29 is 14.4 Å². The van der Waals surface area contributed by atoms with Gasteiger partial charge >= 0.3 is 0 Å². The molecule has 0 atom stereocenters. The Morgan fingerprint density at radius 1 is 1.04 bits per heavy atom. The van der Waals surface area contributed by atoms with Crippen LogP contribution in [0.5, 0.6) is 0 Å². The second-order valence-corrected chi connectivity index (χ2v) is 7.56. The molecule has 1 saturated heterocycles. The van der Waals surface area contributed by atoms with E-state index in [9.17, 15) is 14.4 Å². The Bertz CT molecular complexity index is 710. The number of hydrogen-bond donors (Lipinski definition) is 2. The molecule has 28 heavy (non-hydrogen) atoms. The largest absolute Gasteiger partial charge is 0.348 e. The van der Waals surface area contributed by atoms with Crippen LogP contribution in [0.3, 0.4) is 0 Å². The summed E-state index contributed by atoms with van der Waals surface area (Å²) in [6.07, 6.45) is 9.90. The zero-order valence-electron chi connectivity index (χ0n) is 16.4. The van der Waals surface area contributed by atoms with Crippen LogP contribution < -0.4 is 10.6 Å². The minimum atomic E-state index is -0.340. The first-order valence-corrected chi connectivity index (χ1v) is 10.3. The smallest absolute Gasteiger partial charge is 0.273 e. The second kappa shape index (κ2) is 9.61. The number of amides is 3. The van der Waals surface area contributed by atoms with E-state index in [4.69, 9.17) is 0 Å². The molecule has 2 N–H and O–H groups in total. The molecule has 2 heterocycles. The van der Waals surface area contributed by atoms with Crippen molar-refractivity contribution in [2.45, 2.75) is 64.3 Å². The topological polar surface area (TPSA) is 104 Å². The molecule has 8 heteroatoms. The third-order valence-electron chi connectivity index (χ3n) is 5.62. The maximum atomic E-state index is 12.7. The van der Waals surface area contributed by atoms with Crippen LogP contribution in [0.15, 0.2) is 12.4 Å². The van der Waals surface area contributed by atoms with Crippen LogP contribution in [0.4, 0.5) is 5.82 Å². The van der Waals surface area contributed by atoms with E-state index in [-0.39, 0.29) is 41.2 Å². The molecule has 2 aliphatic rings. The first-order chi connectivity index (χ1) is 13.6. The molecule has 1 aromatic heterocycles. The predicted molar refractivity (Wildman–Crippen MR) is 105 cm³/mol. The molecule has 0 bridgehead atoms. The Morgan fingerprint density at radius 2 is 1.71 bits per heavy atom. The maximum absolute atomic E-state index is 12.7. The SMILES string of the molecule is CCC(=O)N1CCC(NC(=O)c2nccnc2NC(=O)C2CCCCC2)CC1. The van der Waals surface area contributed by atoms with Gasteiger partial charge < -0.3 is 15.5 Å². The number of rotatable bonds is 5. The highest BCUT2D eigenvalue weighted by atomic mass is 16.2. The fourth-order valence-corrected chi connectivity index (χ4v) is 3.93. The molecule has 8 nitrogen and oxygen atoms in total. The molecule has 1 aliphatic heterocycles. The molecule has 1 saturated carbocycles. The quantitative estimate of drug-likeness (QED) is 0.805. The van der Waals surface area contributed by atoms with Gasteiger partial charge in [-0.2, -0.15) is 0 Å². The summed E-state index contributed by atoms with van der Waals surface area (Å²) in [7, 11) is 0. The highest BCUT2D eigenvalue weighted by Gasteiger charge is 2.26. The van der Waals surface area contributed by atoms with Gasteiger partial charge in [-0.15, -0.1) is 0 Å². The summed E-state index contributed by atoms with van der Waals surface area (Å²) in [6, 6.07) is -0.0164. The first-order valence-electron chi connectivity index (χ1n) is 10.3. The van der Waals surface area contributed by atoms with Gasteiger partial charge in [-0.1, -0.05) is 26.2 Å². The summed E-state index contributed by atoms with van der Waals surface area (Å²) in [5.74, 6) is -0.0828. The predicted octanol–water partition coefficient (Wildman–Crippen LogP) is 2.13. The number of anilines is 1. The van der Waals surface area contributed by atoms with E-state index < -0.39 is 0 Å². The number of nitrogens with zero attached hydrogens (tertiary/aromatic N) is 3. The number of likely N-dealkylation sites (tertiary alicyclic amines) is 1. The number of hydrogen-bond acceptors (Lipinski definition) is 5. The molecule has 0 aromatic carbocycles. The van der Waals surface area contributed by atoms with Gasteiger partial charge in [-0.25, -0.2) is 9.97 Å². The molecular formula is C20H29N5O3. The van der Waals surface area contributed by atoms with Gasteiger partial charge in [0.15, 0.2) is 11.5 Å². The summed E-state index contributed by atoms with van der Waals surface area (Å²) < 4.78 is 0. The van der Waals surface area contributed by atoms with Gasteiger partial charge in [0, 0.05) is 43.9 Å². The van der Waals surface area contributed by atoms with E-state index >= 15 is 0 Å². The second-order valence-electron chi connectivity index (χ2n) is 7.56. The lowest BCUT2D eigenvalue weighted by molar-refractivity contribution is -0.131. The Hall–Kier alpha value is -2.51. The highest BCUT2D eigenvalue weighted by Crippen LogP contribution is 2.25. The van der Waals surface area contributed by atoms with E-state index in [2.05, 4.69) is 20.6 Å². The summed E-state index contributed by atoms with van der Waals surface area (Å²) in [6.45, 7) is 3.14. The van der Waals surface area contributed by atoms with Gasteiger partial charge in [-0.05, 0) is 25.7 Å². The van der Waals surface area contributed by atoms with Crippen molar-refractivity contribution >= 4 is 23.5 Å². The van der Waals surface area contributed by atoms with E-state index in [1.54, 1.807) is 0 Å². The molecule has 0 unspecified atom stereocenters. The Kier molecular flexibility index (Phi) is 6.95. The zero-order chi connectivity index (χ0) is 19.9. The Morgan fingerprint density at radius 3 is 2.39 bits per heavy atom. The number of aromatic nitrogens is 2. The maximum Gasteiger partial charge on any atom is 0.273 e. The van der Waals surface area contributed by atoms with E-state index in [0.29, 0.717) is 32.4 Å². The lowest BCUT2D eigenvalue weighted by atomic mass is 9.89. The molecule has 1 aliphatic carbocycles. The van der Waals surface area contributed by atoms with E-state index in [1.807, 2.05) is 11.8 Å². The molecule has 1 aromatic rings. The zero-order valence-corrected chi connectivity index (χ0v) is 16.4. The minimum Gasteiger partial charge on any atom is -0.348 e. The molecule has 2 fully saturated rings. The number of piperidine rings is 1. The Balaban J connectivity index is 1.58. The average Bonchev–Trinajstić information content (AvgIpc) is 2.74. The first kappa shape index (κ1) is 20.2. The van der Waals surface area contributed by atoms with Crippen molar-refractivity contribution in [2.24, 2.45) is 5.92 Å². The standard InChI is InChI=1S/C20H29N5O3/c1-2-16(26)25-12-8-15(9-13-25)23-20(28)17-18(22-11-10-21-17)24-19(27)14-6-4-3-5-7-14/h10-11,14-15H,2-9,12-13H2,1H3,(H,23,28)(H,22,24,27). The fourth-order valence-electron chi connectivity index (χ4n) is 3.93. The number of nitrogens with one attached hydrogen (secondary N) is 2. The van der Waals surface area contributed by atoms with Crippen LogP contribution >= 0.6 is 0 Å². The normalized spacial score (nSPS) is 18.5. The van der Waals surface area contributed by atoms with Crippen molar-refractivity contribution in [3.8, 4) is 0 Å². The van der Waals surface area contributed by atoms with Crippen LogP contribution in [0.25, 0.3) is 0 Å². The molecule has 3 rings (SSSR count). The molecule has 0 spiro atoms. The van der Waals surface area contributed by atoms with Crippen molar-refractivity contribution in [2.75, 3.05) is 18.4 Å². The van der Waals surface area contributed by atoms with E-state index in [0.717, 1.165) is 25.7 Å². The van der Waals surface area contributed by atoms with Gasteiger partial charge in [0.25, 0.3) is 5.91 Å². The molecule has 3 amide bonds. The number of carbonyl (C=O) groups excluding carboxylic acids is 3. The summed E-state index contributed by atoms with van der Waals surface area (Å²) in [4.78, 5) is 47.2. The summed E-state index contributed by atoms with van der Waals surface area (Å²) in [5, 5.41) is 5.78. The van der Waals surface area contributed by atoms with Gasteiger partial charge in [0.2, 0.25) is 11.8 Å². The van der Waals surface area contributed by atoms with Crippen molar-refractivity contribution in [3.05, 3.63) is 18.1 Å². The average molecular weight is 387 g/mol. The Labute approximate surface area is 165 Å². The lowest BCUT2D eigenvalue weighted by Crippen LogP contribution is -2.46. The van der Waals surface area contributed by atoms with Gasteiger partial charge in [-0.3, -0.25) is 14.4 Å². The molecule has 0 radical (unpaired) electrons. The highest BCUT2D eigenvalue weighted by molar-refractivity contribution is 6.01. The van der Waals surface area contributed by atoms with E-state index in [1.165, 1.54) is 18.8 Å². The number of carbonyl (C=O) groups is 3. The summed E-state index contributed by atoms with van der Waals surface area (Å²) in [5.41, 5.74) is 0.138. The lowest BCUT2D eigenvalue weighted by Gasteiger charge is -2.32. The molecule has 152 valence electrons. The summed E-state index contributed by atoms with van der Waals surface area (Å²) >= 11 is 0. The monoisotopic (exact) mass is 387 g/mol. The van der Waals surface area contributed by atoms with Crippen LogP contribution in [0.1, 0.15) is 68.8 Å². The third kappa shape index (κ3) is 5.05. The van der Waals surface area contributed by atoms with Gasteiger partial charge in [0.1, 0.15) is 0 Å². The van der Waals surface area contributed by atoms with Crippen molar-refractivity contribution in [1.82, 2.24) is 20.2 Å². The van der Waals surface area contributed by atoms with Crippen LogP contribution in [-0.4, -0.2) is 51.7 Å². The fraction of sp³-hybridized carbons (Fsp3) is 0.650.